The van der Waals surface area contributed by atoms with Crippen molar-refractivity contribution in [2.24, 2.45) is 11.8 Å². The fraction of sp³-hybridized carbons (Fsp3) is 0.857. The van der Waals surface area contributed by atoms with E-state index < -0.39 is 11.6 Å². The topological polar surface area (TPSA) is 76.1 Å². The van der Waals surface area contributed by atoms with E-state index in [1.54, 1.807) is 4.90 Å². The number of fused-ring (bicyclic) bond motifs is 1. The van der Waals surface area contributed by atoms with Crippen molar-refractivity contribution < 1.29 is 24.2 Å². The number of carbonyl (C=O) groups is 2. The molecule has 0 saturated carbocycles. The lowest BCUT2D eigenvalue weighted by atomic mass is 9.84. The van der Waals surface area contributed by atoms with Gasteiger partial charge in [-0.3, -0.25) is 4.79 Å². The molecular weight excluding hydrogens is 262 g/mol. The smallest absolute Gasteiger partial charge is 0.410 e. The zero-order valence-electron chi connectivity index (χ0n) is 12.3. The molecule has 2 fully saturated rings. The van der Waals surface area contributed by atoms with Gasteiger partial charge >= 0.3 is 12.1 Å². The van der Waals surface area contributed by atoms with Gasteiger partial charge in [0.2, 0.25) is 0 Å². The number of carboxylic acid groups (broad SMARTS) is 1. The van der Waals surface area contributed by atoms with Crippen molar-refractivity contribution in [3.63, 3.8) is 0 Å². The number of nitrogens with zero attached hydrogens (tertiary/aromatic N) is 1. The normalized spacial score (nSPS) is 29.9. The van der Waals surface area contributed by atoms with E-state index in [0.717, 1.165) is 6.42 Å². The summed E-state index contributed by atoms with van der Waals surface area (Å²) in [5, 5.41) is 8.91. The summed E-state index contributed by atoms with van der Waals surface area (Å²) >= 11 is 0. The van der Waals surface area contributed by atoms with Crippen LogP contribution in [0.4, 0.5) is 4.79 Å². The fourth-order valence-corrected chi connectivity index (χ4v) is 2.90. The van der Waals surface area contributed by atoms with Crippen LogP contribution in [0.25, 0.3) is 0 Å². The van der Waals surface area contributed by atoms with Crippen LogP contribution in [0.5, 0.6) is 0 Å². The van der Waals surface area contributed by atoms with Gasteiger partial charge in [0.1, 0.15) is 5.60 Å². The monoisotopic (exact) mass is 285 g/mol. The Labute approximate surface area is 119 Å². The number of rotatable bonds is 2. The van der Waals surface area contributed by atoms with Gasteiger partial charge in [-0.05, 0) is 33.1 Å². The molecule has 1 amide bonds. The standard InChI is InChI=1S/C14H23NO5/c1-14(2,3)20-13(18)15-5-4-9-8-19-11(6-12(16)17)10(9)7-15/h9-11H,4-8H2,1-3H3,(H,16,17)/t9-,10-,11-/m0/s1. The number of ether oxygens (including phenoxy) is 2. The molecule has 0 spiro atoms. The summed E-state index contributed by atoms with van der Waals surface area (Å²) in [5.74, 6) is -0.393. The average Bonchev–Trinajstić information content (AvgIpc) is 2.69. The van der Waals surface area contributed by atoms with Gasteiger partial charge < -0.3 is 19.5 Å². The molecule has 0 aromatic carbocycles. The summed E-state index contributed by atoms with van der Waals surface area (Å²) in [4.78, 5) is 24.6. The number of hydrogen-bond acceptors (Lipinski definition) is 4. The number of hydrogen-bond donors (Lipinski definition) is 1. The van der Waals surface area contributed by atoms with Crippen molar-refractivity contribution in [1.82, 2.24) is 4.90 Å². The second-order valence-corrected chi connectivity index (χ2v) is 6.61. The summed E-state index contributed by atoms with van der Waals surface area (Å²) < 4.78 is 11.0. The molecule has 2 heterocycles. The Morgan fingerprint density at radius 2 is 2.10 bits per heavy atom. The number of carboxylic acids is 1. The van der Waals surface area contributed by atoms with Gasteiger partial charge in [-0.2, -0.15) is 0 Å². The zero-order chi connectivity index (χ0) is 14.9. The highest BCUT2D eigenvalue weighted by atomic mass is 16.6. The lowest BCUT2D eigenvalue weighted by Crippen LogP contribution is -2.47. The second-order valence-electron chi connectivity index (χ2n) is 6.61. The van der Waals surface area contributed by atoms with Crippen LogP contribution in [0.1, 0.15) is 33.6 Å². The van der Waals surface area contributed by atoms with Crippen molar-refractivity contribution >= 4 is 12.1 Å². The molecule has 0 aromatic rings. The first-order valence-electron chi connectivity index (χ1n) is 7.07. The molecule has 2 rings (SSSR count). The Balaban J connectivity index is 1.96. The average molecular weight is 285 g/mol. The molecule has 0 aromatic heterocycles. The Hall–Kier alpha value is -1.30. The first-order chi connectivity index (χ1) is 9.26. The van der Waals surface area contributed by atoms with E-state index in [2.05, 4.69) is 0 Å². The molecule has 1 N–H and O–H groups in total. The second kappa shape index (κ2) is 5.60. The predicted molar refractivity (Wildman–Crippen MR) is 71.4 cm³/mol. The maximum absolute atomic E-state index is 12.1. The minimum atomic E-state index is -0.856. The summed E-state index contributed by atoms with van der Waals surface area (Å²) in [6.45, 7) is 7.29. The molecule has 0 bridgehead atoms. The van der Waals surface area contributed by atoms with E-state index in [1.807, 2.05) is 20.8 Å². The van der Waals surface area contributed by atoms with E-state index in [9.17, 15) is 9.59 Å². The molecular formula is C14H23NO5. The highest BCUT2D eigenvalue weighted by Gasteiger charge is 2.43. The van der Waals surface area contributed by atoms with Crippen LogP contribution in [-0.2, 0) is 14.3 Å². The van der Waals surface area contributed by atoms with Gasteiger partial charge in [0.05, 0.1) is 19.1 Å². The van der Waals surface area contributed by atoms with Crippen molar-refractivity contribution in [1.29, 1.82) is 0 Å². The molecule has 0 aliphatic carbocycles. The van der Waals surface area contributed by atoms with E-state index in [1.165, 1.54) is 0 Å². The van der Waals surface area contributed by atoms with Crippen LogP contribution < -0.4 is 0 Å². The third-order valence-electron chi connectivity index (χ3n) is 3.84. The third kappa shape index (κ3) is 3.62. The van der Waals surface area contributed by atoms with E-state index in [4.69, 9.17) is 14.6 Å². The maximum Gasteiger partial charge on any atom is 0.410 e. The lowest BCUT2D eigenvalue weighted by molar-refractivity contribution is -0.140. The van der Waals surface area contributed by atoms with E-state index >= 15 is 0 Å². The van der Waals surface area contributed by atoms with Crippen LogP contribution >= 0.6 is 0 Å². The first-order valence-corrected chi connectivity index (χ1v) is 7.07. The first kappa shape index (κ1) is 15.1. The van der Waals surface area contributed by atoms with E-state index in [0.29, 0.717) is 25.6 Å². The molecule has 0 radical (unpaired) electrons. The molecule has 0 unspecified atom stereocenters. The van der Waals surface area contributed by atoms with Gasteiger partial charge in [0.15, 0.2) is 0 Å². The van der Waals surface area contributed by atoms with Crippen LogP contribution in [0.2, 0.25) is 0 Å². The van der Waals surface area contributed by atoms with Crippen molar-refractivity contribution in [2.45, 2.75) is 45.3 Å². The van der Waals surface area contributed by atoms with Gasteiger partial charge in [-0.15, -0.1) is 0 Å². The molecule has 2 aliphatic rings. The molecule has 20 heavy (non-hydrogen) atoms. The van der Waals surface area contributed by atoms with Gasteiger partial charge in [-0.1, -0.05) is 0 Å². The lowest BCUT2D eigenvalue weighted by Gasteiger charge is -2.36. The predicted octanol–water partition coefficient (Wildman–Crippen LogP) is 1.73. The number of carbonyl (C=O) groups excluding carboxylic acids is 1. The summed E-state index contributed by atoms with van der Waals surface area (Å²) in [5.41, 5.74) is -0.513. The Morgan fingerprint density at radius 3 is 2.70 bits per heavy atom. The van der Waals surface area contributed by atoms with Crippen LogP contribution in [0.3, 0.4) is 0 Å². The quantitative estimate of drug-likeness (QED) is 0.836. The van der Waals surface area contributed by atoms with Crippen molar-refractivity contribution in [3.8, 4) is 0 Å². The third-order valence-corrected chi connectivity index (χ3v) is 3.84. The van der Waals surface area contributed by atoms with Crippen LogP contribution in [0.15, 0.2) is 0 Å². The molecule has 114 valence electrons. The SMILES string of the molecule is CC(C)(C)OC(=O)N1CC[C@H]2CO[C@@H](CC(=O)O)[C@H]2C1. The minimum Gasteiger partial charge on any atom is -0.481 e. The largest absolute Gasteiger partial charge is 0.481 e. The summed E-state index contributed by atoms with van der Waals surface area (Å²) in [6, 6.07) is 0. The van der Waals surface area contributed by atoms with Crippen molar-refractivity contribution in [3.05, 3.63) is 0 Å². The minimum absolute atomic E-state index is 0.00330. The molecule has 6 nitrogen and oxygen atoms in total. The molecule has 6 heteroatoms. The van der Waals surface area contributed by atoms with Gasteiger partial charge in [0, 0.05) is 19.0 Å². The Kier molecular flexibility index (Phi) is 4.22. The number of piperidine rings is 1. The van der Waals surface area contributed by atoms with Crippen LogP contribution in [0, 0.1) is 11.8 Å². The number of amides is 1. The maximum atomic E-state index is 12.1. The number of aliphatic carboxylic acids is 1. The highest BCUT2D eigenvalue weighted by molar-refractivity contribution is 5.69. The molecule has 2 aliphatic heterocycles. The summed E-state index contributed by atoms with van der Waals surface area (Å²) in [7, 11) is 0. The van der Waals surface area contributed by atoms with Gasteiger partial charge in [0.25, 0.3) is 0 Å². The fourth-order valence-electron chi connectivity index (χ4n) is 2.90. The summed E-state index contributed by atoms with van der Waals surface area (Å²) in [6.07, 6.45) is 0.239. The van der Waals surface area contributed by atoms with Crippen molar-refractivity contribution in [2.75, 3.05) is 19.7 Å². The van der Waals surface area contributed by atoms with Crippen LogP contribution in [-0.4, -0.2) is 53.5 Å². The molecule has 2 saturated heterocycles. The van der Waals surface area contributed by atoms with Gasteiger partial charge in [-0.25, -0.2) is 4.79 Å². The zero-order valence-corrected chi connectivity index (χ0v) is 12.3. The number of likely N-dealkylation sites (tertiary alicyclic amines) is 1. The Morgan fingerprint density at radius 1 is 1.40 bits per heavy atom. The van der Waals surface area contributed by atoms with E-state index in [-0.39, 0.29) is 24.5 Å². The Bertz CT molecular complexity index is 390. The molecule has 3 atom stereocenters. The highest BCUT2D eigenvalue weighted by Crippen LogP contribution is 2.35.